The van der Waals surface area contributed by atoms with Crippen molar-refractivity contribution in [1.82, 2.24) is 19.9 Å². The molecule has 3 heterocycles. The van der Waals surface area contributed by atoms with E-state index >= 15 is 0 Å². The maximum atomic E-state index is 6.91. The van der Waals surface area contributed by atoms with Crippen LogP contribution in [0.5, 0.6) is 23.0 Å². The summed E-state index contributed by atoms with van der Waals surface area (Å²) in [6.07, 6.45) is 1.80. The number of hydrogen-bond acceptors (Lipinski definition) is 6. The van der Waals surface area contributed by atoms with Crippen LogP contribution in [0.25, 0.3) is 67.7 Å². The average molecular weight is 809 g/mol. The fourth-order valence-corrected chi connectivity index (χ4v) is 9.27. The Hall–Kier alpha value is -8.48. The standard InChI is InChI=1S/C57H36N4O2/c1-4-16-38(17-5-1)54-59-55(61-56(60-54)41-19-14-18-40(34-41)49-27-12-13-33-58-49)39-31-29-37(30-32-39)44-25-15-28-50-53(44)63-51-35-46-45-24-10-11-26-47(45)57(42-20-6-2-7-21-42,43-22-8-3-9-23-43)48(46)36-52(51)62-50/h1-36H. The van der Waals surface area contributed by atoms with Gasteiger partial charge in [-0.05, 0) is 75.3 Å². The van der Waals surface area contributed by atoms with Crippen LogP contribution in [-0.4, -0.2) is 19.9 Å². The average Bonchev–Trinajstić information content (AvgIpc) is 3.65. The van der Waals surface area contributed by atoms with Crippen molar-refractivity contribution in [3.63, 3.8) is 0 Å². The number of hydrogen-bond donors (Lipinski definition) is 0. The Bertz CT molecular complexity index is 3280. The first-order valence-electron chi connectivity index (χ1n) is 21.0. The quantitative estimate of drug-likeness (QED) is 0.160. The topological polar surface area (TPSA) is 70.0 Å². The lowest BCUT2D eigenvalue weighted by Crippen LogP contribution is -2.28. The lowest BCUT2D eigenvalue weighted by molar-refractivity contribution is 0.360. The van der Waals surface area contributed by atoms with E-state index in [-0.39, 0.29) is 0 Å². The molecule has 0 spiro atoms. The van der Waals surface area contributed by atoms with E-state index in [1.54, 1.807) is 6.20 Å². The molecule has 0 amide bonds. The van der Waals surface area contributed by atoms with Gasteiger partial charge in [0.05, 0.1) is 11.1 Å². The minimum Gasteiger partial charge on any atom is -0.449 e. The van der Waals surface area contributed by atoms with E-state index in [9.17, 15) is 0 Å². The van der Waals surface area contributed by atoms with E-state index in [1.807, 2.05) is 78.9 Å². The number of benzene rings is 8. The summed E-state index contributed by atoms with van der Waals surface area (Å²) in [5.74, 6) is 4.45. The third-order valence-corrected chi connectivity index (χ3v) is 12.1. The van der Waals surface area contributed by atoms with Gasteiger partial charge in [-0.2, -0.15) is 0 Å². The minimum atomic E-state index is -0.540. The molecule has 0 unspecified atom stereocenters. The first-order valence-corrected chi connectivity index (χ1v) is 21.0. The Morgan fingerprint density at radius 2 is 0.889 bits per heavy atom. The molecule has 0 saturated heterocycles. The predicted octanol–water partition coefficient (Wildman–Crippen LogP) is 13.9. The van der Waals surface area contributed by atoms with E-state index in [0.29, 0.717) is 40.5 Å². The summed E-state index contributed by atoms with van der Waals surface area (Å²) in [4.78, 5) is 19.6. The van der Waals surface area contributed by atoms with Gasteiger partial charge >= 0.3 is 0 Å². The second kappa shape index (κ2) is 14.9. The van der Waals surface area contributed by atoms with Gasteiger partial charge in [0.2, 0.25) is 0 Å². The molecule has 8 aromatic carbocycles. The van der Waals surface area contributed by atoms with E-state index < -0.39 is 5.41 Å². The summed E-state index contributed by atoms with van der Waals surface area (Å²) >= 11 is 0. The van der Waals surface area contributed by atoms with Crippen molar-refractivity contribution in [2.24, 2.45) is 0 Å². The SMILES string of the molecule is c1ccc(-c2nc(-c3ccc(-c4cccc5c4Oc4cc6c(cc4O5)C(c4ccccc4)(c4ccccc4)c4ccccc4-6)cc3)nc(-c3cccc(-c4ccccn4)c3)n2)cc1. The molecule has 63 heavy (non-hydrogen) atoms. The Labute approximate surface area is 364 Å². The zero-order valence-corrected chi connectivity index (χ0v) is 33.9. The van der Waals surface area contributed by atoms with Crippen molar-refractivity contribution in [3.8, 4) is 90.7 Å². The number of fused-ring (bicyclic) bond motifs is 5. The Morgan fingerprint density at radius 3 is 1.60 bits per heavy atom. The van der Waals surface area contributed by atoms with Crippen LogP contribution in [0.4, 0.5) is 0 Å². The van der Waals surface area contributed by atoms with Gasteiger partial charge in [-0.1, -0.05) is 176 Å². The van der Waals surface area contributed by atoms with Crippen LogP contribution >= 0.6 is 0 Å². The van der Waals surface area contributed by atoms with Crippen molar-refractivity contribution in [2.75, 3.05) is 0 Å². The molecule has 296 valence electrons. The maximum Gasteiger partial charge on any atom is 0.177 e. The van der Waals surface area contributed by atoms with Crippen LogP contribution in [0.1, 0.15) is 22.3 Å². The molecule has 1 aliphatic heterocycles. The van der Waals surface area contributed by atoms with Crippen molar-refractivity contribution in [2.45, 2.75) is 5.41 Å². The number of para-hydroxylation sites is 1. The highest BCUT2D eigenvalue weighted by atomic mass is 16.6. The number of aromatic nitrogens is 4. The largest absolute Gasteiger partial charge is 0.449 e. The molecule has 0 atom stereocenters. The second-order valence-corrected chi connectivity index (χ2v) is 15.8. The molecule has 2 aromatic heterocycles. The molecule has 0 bridgehead atoms. The highest BCUT2D eigenvalue weighted by molar-refractivity contribution is 5.89. The fraction of sp³-hybridized carbons (Fsp3) is 0.0175. The van der Waals surface area contributed by atoms with E-state index in [4.69, 9.17) is 24.4 Å². The summed E-state index contributed by atoms with van der Waals surface area (Å²) in [5.41, 5.74) is 13.0. The number of pyridine rings is 1. The van der Waals surface area contributed by atoms with Crippen LogP contribution in [0.3, 0.4) is 0 Å². The summed E-state index contributed by atoms with van der Waals surface area (Å²) in [6, 6.07) is 73.1. The van der Waals surface area contributed by atoms with E-state index in [2.05, 4.69) is 138 Å². The Balaban J connectivity index is 0.920. The Morgan fingerprint density at radius 1 is 0.333 bits per heavy atom. The molecule has 0 radical (unpaired) electrons. The van der Waals surface area contributed by atoms with Crippen molar-refractivity contribution in [1.29, 1.82) is 0 Å². The summed E-state index contributed by atoms with van der Waals surface area (Å²) in [5, 5.41) is 0. The first-order chi connectivity index (χ1) is 31.2. The molecule has 10 aromatic rings. The third kappa shape index (κ3) is 6.11. The summed E-state index contributed by atoms with van der Waals surface area (Å²) < 4.78 is 13.7. The number of ether oxygens (including phenoxy) is 2. The lowest BCUT2D eigenvalue weighted by Gasteiger charge is -2.34. The minimum absolute atomic E-state index is 0.540. The predicted molar refractivity (Wildman–Crippen MR) is 249 cm³/mol. The van der Waals surface area contributed by atoms with Gasteiger partial charge in [-0.25, -0.2) is 15.0 Å². The maximum absolute atomic E-state index is 6.91. The highest BCUT2D eigenvalue weighted by Gasteiger charge is 2.47. The molecule has 2 aliphatic rings. The Kier molecular flexibility index (Phi) is 8.61. The molecule has 6 nitrogen and oxygen atoms in total. The van der Waals surface area contributed by atoms with Crippen molar-refractivity contribution in [3.05, 3.63) is 241 Å². The molecular weight excluding hydrogens is 773 g/mol. The van der Waals surface area contributed by atoms with E-state index in [1.165, 1.54) is 22.3 Å². The molecular formula is C57H36N4O2. The molecule has 0 N–H and O–H groups in total. The molecule has 1 aliphatic carbocycles. The monoisotopic (exact) mass is 808 g/mol. The van der Waals surface area contributed by atoms with Crippen LogP contribution in [0.2, 0.25) is 0 Å². The lowest BCUT2D eigenvalue weighted by atomic mass is 9.67. The van der Waals surface area contributed by atoms with Gasteiger partial charge < -0.3 is 9.47 Å². The zero-order valence-electron chi connectivity index (χ0n) is 33.9. The van der Waals surface area contributed by atoms with E-state index in [0.717, 1.165) is 50.2 Å². The summed E-state index contributed by atoms with van der Waals surface area (Å²) in [6.45, 7) is 0. The molecule has 0 fully saturated rings. The van der Waals surface area contributed by atoms with Crippen LogP contribution in [0.15, 0.2) is 219 Å². The summed E-state index contributed by atoms with van der Waals surface area (Å²) in [7, 11) is 0. The van der Waals surface area contributed by atoms with Crippen molar-refractivity contribution < 1.29 is 9.47 Å². The van der Waals surface area contributed by atoms with Crippen LogP contribution < -0.4 is 9.47 Å². The van der Waals surface area contributed by atoms with Gasteiger partial charge in [-0.3, -0.25) is 4.98 Å². The van der Waals surface area contributed by atoms with Gasteiger partial charge in [-0.15, -0.1) is 0 Å². The third-order valence-electron chi connectivity index (χ3n) is 12.1. The van der Waals surface area contributed by atoms with Gasteiger partial charge in [0.1, 0.15) is 0 Å². The van der Waals surface area contributed by atoms with Gasteiger partial charge in [0.25, 0.3) is 0 Å². The normalized spacial score (nSPS) is 12.8. The van der Waals surface area contributed by atoms with Crippen molar-refractivity contribution >= 4 is 0 Å². The second-order valence-electron chi connectivity index (χ2n) is 15.8. The number of nitrogens with zero attached hydrogens (tertiary/aromatic N) is 4. The number of rotatable bonds is 7. The molecule has 0 saturated carbocycles. The zero-order chi connectivity index (χ0) is 41.7. The highest BCUT2D eigenvalue weighted by Crippen LogP contribution is 2.60. The van der Waals surface area contributed by atoms with Gasteiger partial charge in [0.15, 0.2) is 40.5 Å². The van der Waals surface area contributed by atoms with Gasteiger partial charge in [0, 0.05) is 34.0 Å². The van der Waals surface area contributed by atoms with Crippen LogP contribution in [-0.2, 0) is 5.41 Å². The molecule has 12 rings (SSSR count). The fourth-order valence-electron chi connectivity index (χ4n) is 9.27. The smallest absolute Gasteiger partial charge is 0.177 e. The van der Waals surface area contributed by atoms with Crippen LogP contribution in [0, 0.1) is 0 Å². The first kappa shape index (κ1) is 36.4. The molecule has 6 heteroatoms.